The third-order valence-electron chi connectivity index (χ3n) is 14.9. The third kappa shape index (κ3) is 6.05. The molecule has 5 fully saturated rings. The summed E-state index contributed by atoms with van der Waals surface area (Å²) >= 11 is 0. The lowest BCUT2D eigenvalue weighted by molar-refractivity contribution is -0.213. The highest BCUT2D eigenvalue weighted by atomic mass is 16.6. The van der Waals surface area contributed by atoms with E-state index < -0.39 is 22.9 Å². The Morgan fingerprint density at radius 3 is 2.22 bits per heavy atom. The first kappa shape index (κ1) is 36.4. The number of carbonyl (C=O) groups is 4. The van der Waals surface area contributed by atoms with Gasteiger partial charge in [-0.1, -0.05) is 41.5 Å². The molecule has 49 heavy (non-hydrogen) atoms. The number of rotatable bonds is 7. The highest BCUT2D eigenvalue weighted by Gasteiger charge is 2.67. The van der Waals surface area contributed by atoms with Gasteiger partial charge < -0.3 is 25.2 Å². The van der Waals surface area contributed by atoms with Crippen molar-refractivity contribution in [1.82, 2.24) is 10.6 Å². The van der Waals surface area contributed by atoms with E-state index in [-0.39, 0.29) is 58.6 Å². The number of piperidine rings is 1. The Labute approximate surface area is 293 Å². The van der Waals surface area contributed by atoms with Gasteiger partial charge in [-0.05, 0) is 143 Å². The second kappa shape index (κ2) is 12.7. The van der Waals surface area contributed by atoms with Gasteiger partial charge in [0.2, 0.25) is 0 Å². The van der Waals surface area contributed by atoms with Crippen molar-refractivity contribution in [2.45, 2.75) is 150 Å². The summed E-state index contributed by atoms with van der Waals surface area (Å²) in [5.74, 6) is 0.463. The number of Topliss-reactive ketones (excluding diaryl/α,β-unsaturated/α-hetero) is 1. The molecule has 0 aromatic carbocycles. The highest BCUT2D eigenvalue weighted by molar-refractivity contribution is 6.02. The zero-order valence-corrected chi connectivity index (χ0v) is 31.3. The number of hydrogen-bond acceptors (Lipinski definition) is 7. The van der Waals surface area contributed by atoms with Crippen molar-refractivity contribution in [2.24, 2.45) is 51.2 Å². The number of fused-ring (bicyclic) bond motifs is 7. The number of allylic oxidation sites excluding steroid dienone is 1. The molecule has 0 radical (unpaired) electrons. The van der Waals surface area contributed by atoms with E-state index in [1.165, 1.54) is 5.57 Å². The molecule has 1 saturated heterocycles. The molecule has 5 unspecified atom stereocenters. The number of carboxylic acid groups (broad SMARTS) is 1. The number of aliphatic carboxylic acids is 1. The van der Waals surface area contributed by atoms with Gasteiger partial charge in [0.15, 0.2) is 5.78 Å². The van der Waals surface area contributed by atoms with Crippen LogP contribution in [0.5, 0.6) is 0 Å². The molecule has 8 atom stereocenters. The van der Waals surface area contributed by atoms with E-state index in [9.17, 15) is 24.3 Å². The Bertz CT molecular complexity index is 1390. The van der Waals surface area contributed by atoms with Gasteiger partial charge in [-0.25, -0.2) is 4.79 Å². The van der Waals surface area contributed by atoms with Crippen molar-refractivity contribution in [3.8, 4) is 0 Å². The first-order chi connectivity index (χ1) is 22.9. The van der Waals surface area contributed by atoms with Crippen molar-refractivity contribution in [3.05, 3.63) is 11.1 Å². The van der Waals surface area contributed by atoms with Crippen LogP contribution in [-0.2, 0) is 23.9 Å². The first-order valence-corrected chi connectivity index (χ1v) is 19.3. The zero-order chi connectivity index (χ0) is 35.7. The predicted octanol–water partition coefficient (Wildman–Crippen LogP) is 7.22. The number of ketones is 1. The number of esters is 1. The fourth-order valence-electron chi connectivity index (χ4n) is 12.5. The number of carboxylic acids is 1. The van der Waals surface area contributed by atoms with Gasteiger partial charge in [0.05, 0.1) is 17.4 Å². The molecular weight excluding hydrogens is 620 g/mol. The van der Waals surface area contributed by atoms with E-state index in [1.807, 2.05) is 0 Å². The van der Waals surface area contributed by atoms with E-state index >= 15 is 0 Å². The molecule has 0 spiro atoms. The minimum Gasteiger partial charge on any atom is -0.481 e. The summed E-state index contributed by atoms with van der Waals surface area (Å²) in [6.07, 6.45) is 8.88. The molecule has 0 aromatic heterocycles. The average Bonchev–Trinajstić information content (AvgIpc) is 3.30. The maximum atomic E-state index is 13.8. The third-order valence-corrected chi connectivity index (χ3v) is 14.9. The average molecular weight is 683 g/mol. The maximum absolute atomic E-state index is 13.8. The van der Waals surface area contributed by atoms with E-state index in [4.69, 9.17) is 9.47 Å². The van der Waals surface area contributed by atoms with Crippen LogP contribution in [0, 0.1) is 51.2 Å². The molecule has 6 rings (SSSR count). The van der Waals surface area contributed by atoms with Crippen molar-refractivity contribution >= 4 is 23.8 Å². The molecule has 1 amide bonds. The van der Waals surface area contributed by atoms with E-state index in [1.54, 1.807) is 13.8 Å². The van der Waals surface area contributed by atoms with Crippen LogP contribution < -0.4 is 10.6 Å². The summed E-state index contributed by atoms with van der Waals surface area (Å²) in [7, 11) is 0. The molecule has 1 aliphatic heterocycles. The smallest absolute Gasteiger partial charge is 0.408 e. The van der Waals surface area contributed by atoms with E-state index in [0.717, 1.165) is 82.9 Å². The van der Waals surface area contributed by atoms with Crippen molar-refractivity contribution in [3.63, 3.8) is 0 Å². The van der Waals surface area contributed by atoms with Crippen LogP contribution in [0.15, 0.2) is 11.1 Å². The Morgan fingerprint density at radius 1 is 0.898 bits per heavy atom. The lowest BCUT2D eigenvalue weighted by atomic mass is 9.37. The van der Waals surface area contributed by atoms with Gasteiger partial charge in [-0.15, -0.1) is 0 Å². The quantitative estimate of drug-likeness (QED) is 0.240. The van der Waals surface area contributed by atoms with Crippen molar-refractivity contribution < 1.29 is 33.8 Å². The van der Waals surface area contributed by atoms with E-state index in [2.05, 4.69) is 52.2 Å². The molecule has 5 aliphatic carbocycles. The normalized spacial score (nSPS) is 39.0. The number of alkyl carbamates (subject to hydrolysis) is 1. The molecule has 0 aromatic rings. The molecular formula is C40H62N2O7. The molecule has 274 valence electrons. The second-order valence-electron chi connectivity index (χ2n) is 18.8. The van der Waals surface area contributed by atoms with Gasteiger partial charge in [0, 0.05) is 11.8 Å². The Morgan fingerprint density at radius 2 is 1.57 bits per heavy atom. The molecule has 9 nitrogen and oxygen atoms in total. The van der Waals surface area contributed by atoms with Crippen molar-refractivity contribution in [2.75, 3.05) is 13.1 Å². The molecule has 0 bridgehead atoms. The second-order valence-corrected chi connectivity index (χ2v) is 18.8. The zero-order valence-electron chi connectivity index (χ0n) is 31.3. The maximum Gasteiger partial charge on any atom is 0.408 e. The number of hydrogen-bond donors (Lipinski definition) is 3. The van der Waals surface area contributed by atoms with Crippen LogP contribution in [0.25, 0.3) is 0 Å². The minimum atomic E-state index is -1.16. The standard InChI is InChI=1S/C40H62N2O7/c1-23(2)32-27(43)21-40(42-35(47)48-24-14-19-41-20-15-24)18-11-26-25(33(32)40)9-10-29-38(26,7)16-12-28-37(5,6)30(13-17-39(28,29)8)49-31(44)22-36(3,4)34(45)46/h23-26,28-30,41H,9-22H2,1-8H3,(H,42,47)(H,45,46)/t25?,26?,28?,29?,30-,38-,39-,40?/m0/s1. The Balaban J connectivity index is 1.23. The summed E-state index contributed by atoms with van der Waals surface area (Å²) in [4.78, 5) is 52.0. The summed E-state index contributed by atoms with van der Waals surface area (Å²) in [5.41, 5.74) is 0.306. The Kier molecular flexibility index (Phi) is 9.40. The fourth-order valence-corrected chi connectivity index (χ4v) is 12.5. The first-order valence-electron chi connectivity index (χ1n) is 19.3. The van der Waals surface area contributed by atoms with Gasteiger partial charge >= 0.3 is 18.0 Å². The molecule has 1 heterocycles. The van der Waals surface area contributed by atoms with Crippen LogP contribution >= 0.6 is 0 Å². The number of ether oxygens (including phenoxy) is 2. The molecule has 9 heteroatoms. The monoisotopic (exact) mass is 682 g/mol. The fraction of sp³-hybridized carbons (Fsp3) is 0.850. The Hall–Kier alpha value is -2.42. The van der Waals surface area contributed by atoms with Gasteiger partial charge in [-0.2, -0.15) is 0 Å². The highest BCUT2D eigenvalue weighted by Crippen LogP contribution is 2.72. The molecule has 4 saturated carbocycles. The van der Waals surface area contributed by atoms with Gasteiger partial charge in [0.1, 0.15) is 12.2 Å². The van der Waals surface area contributed by atoms with Crippen LogP contribution in [0.3, 0.4) is 0 Å². The number of carbonyl (C=O) groups excluding carboxylic acids is 3. The van der Waals surface area contributed by atoms with Gasteiger partial charge in [0.25, 0.3) is 0 Å². The molecule has 6 aliphatic rings. The van der Waals surface area contributed by atoms with Crippen LogP contribution in [0.1, 0.15) is 132 Å². The summed E-state index contributed by atoms with van der Waals surface area (Å²) in [6.45, 7) is 18.7. The van der Waals surface area contributed by atoms with Gasteiger partial charge in [-0.3, -0.25) is 14.4 Å². The van der Waals surface area contributed by atoms with E-state index in [0.29, 0.717) is 24.2 Å². The summed E-state index contributed by atoms with van der Waals surface area (Å²) in [5, 5.41) is 16.2. The number of nitrogens with one attached hydrogen (secondary N) is 2. The summed E-state index contributed by atoms with van der Waals surface area (Å²) < 4.78 is 12.1. The lowest BCUT2D eigenvalue weighted by Crippen LogP contribution is -2.64. The van der Waals surface area contributed by atoms with Crippen LogP contribution in [-0.4, -0.2) is 59.8 Å². The SMILES string of the molecule is CC(C)C1=C2C3CCC4[C@@](C)(CCC5C(C)(C)[C@@H](OC(=O)CC(C)(C)C(=O)O)CC[C@@]54C)C3CCC2(NC(=O)OC2CCNCC2)CC1=O. The predicted molar refractivity (Wildman–Crippen MR) is 187 cm³/mol. The molecule has 3 N–H and O–H groups in total. The largest absolute Gasteiger partial charge is 0.481 e. The van der Waals surface area contributed by atoms with Crippen molar-refractivity contribution in [1.29, 1.82) is 0 Å². The van der Waals surface area contributed by atoms with Crippen LogP contribution in [0.2, 0.25) is 0 Å². The number of amides is 1. The topological polar surface area (TPSA) is 131 Å². The summed E-state index contributed by atoms with van der Waals surface area (Å²) in [6, 6.07) is 0. The van der Waals surface area contributed by atoms with Crippen LogP contribution in [0.4, 0.5) is 4.79 Å². The lowest BCUT2D eigenvalue weighted by Gasteiger charge is -2.68. The minimum absolute atomic E-state index is 0.0803.